The maximum Gasteiger partial charge on any atom is 0.242 e. The maximum atomic E-state index is 12.3. The van der Waals surface area contributed by atoms with Crippen LogP contribution in [0.4, 0.5) is 0 Å². The van der Waals surface area contributed by atoms with E-state index in [1.54, 1.807) is 5.38 Å². The Bertz CT molecular complexity index is 674. The molecule has 1 atom stereocenters. The summed E-state index contributed by atoms with van der Waals surface area (Å²) in [6.07, 6.45) is -0.209. The molecule has 1 N–H and O–H groups in total. The molecule has 0 amide bonds. The van der Waals surface area contributed by atoms with Crippen LogP contribution in [-0.4, -0.2) is 34.5 Å². The van der Waals surface area contributed by atoms with Crippen LogP contribution in [0.2, 0.25) is 0 Å². The Kier molecular flexibility index (Phi) is 3.55. The molecule has 0 bridgehead atoms. The van der Waals surface area contributed by atoms with E-state index < -0.39 is 10.0 Å². The normalized spacial score (nSPS) is 20.1. The lowest BCUT2D eigenvalue weighted by molar-refractivity contribution is 0.0482. The molecule has 1 aliphatic heterocycles. The van der Waals surface area contributed by atoms with Crippen LogP contribution < -0.4 is 4.72 Å². The van der Waals surface area contributed by atoms with Crippen molar-refractivity contribution in [2.24, 2.45) is 0 Å². The van der Waals surface area contributed by atoms with Gasteiger partial charge in [0.2, 0.25) is 10.0 Å². The van der Waals surface area contributed by atoms with E-state index in [1.807, 2.05) is 24.3 Å². The van der Waals surface area contributed by atoms with E-state index in [9.17, 15) is 8.42 Å². The number of thiophene rings is 1. The minimum Gasteiger partial charge on any atom is -0.353 e. The van der Waals surface area contributed by atoms with E-state index in [4.69, 9.17) is 9.47 Å². The van der Waals surface area contributed by atoms with Crippen molar-refractivity contribution in [3.63, 3.8) is 0 Å². The van der Waals surface area contributed by atoms with Crippen molar-refractivity contribution < 1.29 is 17.9 Å². The van der Waals surface area contributed by atoms with Crippen LogP contribution in [0.3, 0.4) is 0 Å². The molecule has 1 saturated heterocycles. The van der Waals surface area contributed by atoms with Crippen LogP contribution in [0.25, 0.3) is 10.1 Å². The lowest BCUT2D eigenvalue weighted by atomic mass is 10.3. The molecule has 19 heavy (non-hydrogen) atoms. The molecule has 1 aliphatic rings. The SMILES string of the molecule is O=S(=O)(NCC1COCO1)c1csc2ccccc12. The molecule has 3 rings (SSSR count). The summed E-state index contributed by atoms with van der Waals surface area (Å²) in [5, 5.41) is 2.42. The summed E-state index contributed by atoms with van der Waals surface area (Å²) < 4.78 is 38.3. The Hall–Kier alpha value is -0.990. The molecule has 0 spiro atoms. The largest absolute Gasteiger partial charge is 0.353 e. The summed E-state index contributed by atoms with van der Waals surface area (Å²) in [6, 6.07) is 7.46. The van der Waals surface area contributed by atoms with Crippen LogP contribution in [-0.2, 0) is 19.5 Å². The number of hydrogen-bond acceptors (Lipinski definition) is 5. The van der Waals surface area contributed by atoms with Crippen LogP contribution in [0.5, 0.6) is 0 Å². The lowest BCUT2D eigenvalue weighted by Gasteiger charge is -2.09. The molecular weight excluding hydrogens is 286 g/mol. The fraction of sp³-hybridized carbons (Fsp3) is 0.333. The Labute approximate surface area is 115 Å². The first-order chi connectivity index (χ1) is 9.17. The molecule has 1 fully saturated rings. The van der Waals surface area contributed by atoms with Crippen molar-refractivity contribution >= 4 is 31.4 Å². The summed E-state index contributed by atoms with van der Waals surface area (Å²) in [7, 11) is -3.51. The second-order valence-electron chi connectivity index (χ2n) is 4.23. The average Bonchev–Trinajstić information content (AvgIpc) is 3.06. The number of sulfonamides is 1. The summed E-state index contributed by atoms with van der Waals surface area (Å²) in [5.41, 5.74) is 0. The zero-order valence-corrected chi connectivity index (χ0v) is 11.7. The van der Waals surface area contributed by atoms with E-state index in [2.05, 4.69) is 4.72 Å². The number of benzene rings is 1. The van der Waals surface area contributed by atoms with Gasteiger partial charge < -0.3 is 9.47 Å². The average molecular weight is 299 g/mol. The number of ether oxygens (including phenoxy) is 2. The molecular formula is C12H13NO4S2. The molecule has 2 heterocycles. The minimum atomic E-state index is -3.51. The molecule has 2 aromatic rings. The van der Waals surface area contributed by atoms with Crippen molar-refractivity contribution in [2.75, 3.05) is 19.9 Å². The van der Waals surface area contributed by atoms with E-state index in [0.29, 0.717) is 11.5 Å². The molecule has 7 heteroatoms. The van der Waals surface area contributed by atoms with E-state index in [1.165, 1.54) is 11.3 Å². The highest BCUT2D eigenvalue weighted by atomic mass is 32.2. The van der Waals surface area contributed by atoms with Gasteiger partial charge in [0.05, 0.1) is 12.7 Å². The number of rotatable bonds is 4. The van der Waals surface area contributed by atoms with Gasteiger partial charge in [0.15, 0.2) is 0 Å². The highest BCUT2D eigenvalue weighted by Crippen LogP contribution is 2.28. The number of hydrogen-bond donors (Lipinski definition) is 1. The monoisotopic (exact) mass is 299 g/mol. The molecule has 0 radical (unpaired) electrons. The smallest absolute Gasteiger partial charge is 0.242 e. The molecule has 5 nitrogen and oxygen atoms in total. The molecule has 102 valence electrons. The maximum absolute atomic E-state index is 12.3. The fourth-order valence-electron chi connectivity index (χ4n) is 1.93. The van der Waals surface area contributed by atoms with Crippen LogP contribution in [0.15, 0.2) is 34.5 Å². The fourth-order valence-corrected chi connectivity index (χ4v) is 4.50. The third-order valence-electron chi connectivity index (χ3n) is 2.93. The van der Waals surface area contributed by atoms with Gasteiger partial charge in [0, 0.05) is 22.0 Å². The topological polar surface area (TPSA) is 64.6 Å². The van der Waals surface area contributed by atoms with Gasteiger partial charge >= 0.3 is 0 Å². The quantitative estimate of drug-likeness (QED) is 0.930. The van der Waals surface area contributed by atoms with Crippen molar-refractivity contribution in [1.29, 1.82) is 0 Å². The lowest BCUT2D eigenvalue weighted by Crippen LogP contribution is -2.33. The van der Waals surface area contributed by atoms with Gasteiger partial charge in [-0.05, 0) is 6.07 Å². The third kappa shape index (κ3) is 2.65. The first kappa shape index (κ1) is 13.0. The van der Waals surface area contributed by atoms with Crippen LogP contribution >= 0.6 is 11.3 Å². The number of fused-ring (bicyclic) bond motifs is 1. The standard InChI is InChI=1S/C12H13NO4S2/c14-19(15,13-5-9-6-16-8-17-9)12-7-18-11-4-2-1-3-10(11)12/h1-4,7,9,13H,5-6,8H2. The third-order valence-corrected chi connectivity index (χ3v) is 5.50. The zero-order chi connectivity index (χ0) is 13.3. The Balaban J connectivity index is 1.83. The first-order valence-electron chi connectivity index (χ1n) is 5.82. The van der Waals surface area contributed by atoms with Crippen molar-refractivity contribution in [3.05, 3.63) is 29.6 Å². The predicted octanol–water partition coefficient (Wildman–Crippen LogP) is 1.55. The van der Waals surface area contributed by atoms with Gasteiger partial charge in [-0.25, -0.2) is 13.1 Å². The van der Waals surface area contributed by atoms with Gasteiger partial charge in [0.1, 0.15) is 11.7 Å². The van der Waals surface area contributed by atoms with Gasteiger partial charge in [-0.2, -0.15) is 0 Å². The Morgan fingerprint density at radius 3 is 3.00 bits per heavy atom. The van der Waals surface area contributed by atoms with Crippen molar-refractivity contribution in [2.45, 2.75) is 11.0 Å². The summed E-state index contributed by atoms with van der Waals surface area (Å²) >= 11 is 1.42. The summed E-state index contributed by atoms with van der Waals surface area (Å²) in [6.45, 7) is 0.882. The second-order valence-corrected chi connectivity index (χ2v) is 6.87. The van der Waals surface area contributed by atoms with Gasteiger partial charge in [-0.1, -0.05) is 18.2 Å². The van der Waals surface area contributed by atoms with Crippen molar-refractivity contribution in [1.82, 2.24) is 4.72 Å². The summed E-state index contributed by atoms with van der Waals surface area (Å²) in [4.78, 5) is 0.326. The predicted molar refractivity (Wildman–Crippen MR) is 72.7 cm³/mol. The zero-order valence-electron chi connectivity index (χ0n) is 10.0. The first-order valence-corrected chi connectivity index (χ1v) is 8.18. The van der Waals surface area contributed by atoms with E-state index in [-0.39, 0.29) is 19.4 Å². The second kappa shape index (κ2) is 5.18. The Morgan fingerprint density at radius 1 is 1.37 bits per heavy atom. The van der Waals surface area contributed by atoms with Crippen molar-refractivity contribution in [3.8, 4) is 0 Å². The summed E-state index contributed by atoms with van der Waals surface area (Å²) in [5.74, 6) is 0. The highest BCUT2D eigenvalue weighted by Gasteiger charge is 2.22. The van der Waals surface area contributed by atoms with Crippen LogP contribution in [0, 0.1) is 0 Å². The number of nitrogens with one attached hydrogen (secondary N) is 1. The Morgan fingerprint density at radius 2 is 2.21 bits per heavy atom. The highest BCUT2D eigenvalue weighted by molar-refractivity contribution is 7.90. The van der Waals surface area contributed by atoms with Gasteiger partial charge in [-0.15, -0.1) is 11.3 Å². The molecule has 0 saturated carbocycles. The molecule has 0 aliphatic carbocycles. The van der Waals surface area contributed by atoms with E-state index in [0.717, 1.165) is 10.1 Å². The van der Waals surface area contributed by atoms with Gasteiger partial charge in [-0.3, -0.25) is 0 Å². The molecule has 1 aromatic heterocycles. The minimum absolute atomic E-state index is 0.209. The van der Waals surface area contributed by atoms with Gasteiger partial charge in [0.25, 0.3) is 0 Å². The van der Waals surface area contributed by atoms with Crippen LogP contribution in [0.1, 0.15) is 0 Å². The molecule has 1 unspecified atom stereocenters. The molecule has 1 aromatic carbocycles. The van der Waals surface area contributed by atoms with E-state index >= 15 is 0 Å².